The third-order valence-corrected chi connectivity index (χ3v) is 7.44. The van der Waals surface area contributed by atoms with E-state index in [-0.39, 0.29) is 24.5 Å². The van der Waals surface area contributed by atoms with Crippen molar-refractivity contribution in [1.82, 2.24) is 10.8 Å². The topological polar surface area (TPSA) is 142 Å². The van der Waals surface area contributed by atoms with Crippen molar-refractivity contribution in [2.24, 2.45) is 0 Å². The standard InChI is InChI=1S/C20H21FN2O7S/c1-12-2-3-14(21)10-13(12)11-30-15-4-6-16(7-5-15)31(28,29)17-8-9-22-18(24)20(17,26)19(25)23-27/h2-7,10,17,26-27H,8-9,11H2,1H3,(H,22,24)(H,23,25). The molecule has 1 heterocycles. The molecule has 0 radical (unpaired) electrons. The van der Waals surface area contributed by atoms with Crippen LogP contribution in [0.15, 0.2) is 47.4 Å². The molecule has 2 unspecified atom stereocenters. The van der Waals surface area contributed by atoms with Crippen LogP contribution >= 0.6 is 0 Å². The van der Waals surface area contributed by atoms with Crippen LogP contribution in [-0.4, -0.2) is 47.9 Å². The number of carbonyl (C=O) groups excluding carboxylic acids is 2. The summed E-state index contributed by atoms with van der Waals surface area (Å²) in [6, 6.07) is 9.47. The highest BCUT2D eigenvalue weighted by Crippen LogP contribution is 2.31. The van der Waals surface area contributed by atoms with E-state index in [0.29, 0.717) is 11.3 Å². The van der Waals surface area contributed by atoms with Gasteiger partial charge >= 0.3 is 0 Å². The van der Waals surface area contributed by atoms with Crippen LogP contribution in [0, 0.1) is 12.7 Å². The summed E-state index contributed by atoms with van der Waals surface area (Å²) in [6.07, 6.45) is -0.241. The van der Waals surface area contributed by atoms with Gasteiger partial charge in [-0.2, -0.15) is 0 Å². The Labute approximate surface area is 177 Å². The van der Waals surface area contributed by atoms with Crippen molar-refractivity contribution in [3.8, 4) is 5.75 Å². The van der Waals surface area contributed by atoms with Gasteiger partial charge in [-0.1, -0.05) is 6.07 Å². The van der Waals surface area contributed by atoms with Gasteiger partial charge in [0.25, 0.3) is 11.8 Å². The zero-order valence-corrected chi connectivity index (χ0v) is 17.3. The van der Waals surface area contributed by atoms with Crippen LogP contribution in [0.1, 0.15) is 17.5 Å². The van der Waals surface area contributed by atoms with E-state index in [2.05, 4.69) is 5.32 Å². The number of halogens is 1. The minimum Gasteiger partial charge on any atom is -0.489 e. The van der Waals surface area contributed by atoms with Gasteiger partial charge in [-0.3, -0.25) is 14.8 Å². The van der Waals surface area contributed by atoms with Crippen molar-refractivity contribution in [3.05, 3.63) is 59.4 Å². The number of hydroxylamine groups is 1. The Morgan fingerprint density at radius 2 is 1.97 bits per heavy atom. The van der Waals surface area contributed by atoms with Gasteiger partial charge in [0.2, 0.25) is 5.60 Å². The number of aryl methyl sites for hydroxylation is 1. The minimum atomic E-state index is -4.34. The average molecular weight is 452 g/mol. The summed E-state index contributed by atoms with van der Waals surface area (Å²) in [5, 5.41) is 19.9. The number of ether oxygens (including phenoxy) is 1. The molecule has 1 aliphatic heterocycles. The summed E-state index contributed by atoms with van der Waals surface area (Å²) < 4.78 is 45.1. The van der Waals surface area contributed by atoms with E-state index in [1.807, 2.05) is 0 Å². The second kappa shape index (κ2) is 8.61. The van der Waals surface area contributed by atoms with Gasteiger partial charge in [-0.15, -0.1) is 0 Å². The molecule has 1 fully saturated rings. The molecule has 2 aromatic rings. The fourth-order valence-corrected chi connectivity index (χ4v) is 5.30. The zero-order valence-electron chi connectivity index (χ0n) is 16.5. The molecule has 0 saturated carbocycles. The lowest BCUT2D eigenvalue weighted by atomic mass is 9.92. The van der Waals surface area contributed by atoms with Gasteiger partial charge in [-0.25, -0.2) is 18.3 Å². The van der Waals surface area contributed by atoms with Crippen LogP contribution < -0.4 is 15.5 Å². The highest BCUT2D eigenvalue weighted by molar-refractivity contribution is 7.92. The summed E-state index contributed by atoms with van der Waals surface area (Å²) in [7, 11) is -4.34. The first kappa shape index (κ1) is 22.7. The molecule has 0 bridgehead atoms. The van der Waals surface area contributed by atoms with Crippen molar-refractivity contribution >= 4 is 21.7 Å². The van der Waals surface area contributed by atoms with Gasteiger partial charge in [-0.05, 0) is 60.9 Å². The lowest BCUT2D eigenvalue weighted by Gasteiger charge is -2.36. The summed E-state index contributed by atoms with van der Waals surface area (Å²) in [4.78, 5) is 23.8. The van der Waals surface area contributed by atoms with Crippen molar-refractivity contribution in [2.75, 3.05) is 6.54 Å². The Bertz CT molecular complexity index is 1100. The lowest BCUT2D eigenvalue weighted by Crippen LogP contribution is -2.68. The minimum absolute atomic E-state index is 0.0644. The first-order chi connectivity index (χ1) is 14.6. The van der Waals surface area contributed by atoms with E-state index in [1.165, 1.54) is 36.4 Å². The quantitative estimate of drug-likeness (QED) is 0.286. The monoisotopic (exact) mass is 452 g/mol. The molecule has 2 aromatic carbocycles. The molecular weight excluding hydrogens is 431 g/mol. The van der Waals surface area contributed by atoms with Crippen LogP contribution in [0.2, 0.25) is 0 Å². The fourth-order valence-electron chi connectivity index (χ4n) is 3.37. The number of hydrogen-bond donors (Lipinski definition) is 4. The third kappa shape index (κ3) is 4.24. The van der Waals surface area contributed by atoms with Crippen LogP contribution in [0.4, 0.5) is 4.39 Å². The number of piperidine rings is 1. The SMILES string of the molecule is Cc1ccc(F)cc1COc1ccc(S(=O)(=O)C2CCNC(=O)C2(O)C(=O)NO)cc1. The maximum absolute atomic E-state index is 13.4. The molecule has 166 valence electrons. The van der Waals surface area contributed by atoms with Crippen LogP contribution in [0.3, 0.4) is 0 Å². The normalized spacial score (nSPS) is 21.3. The Morgan fingerprint density at radius 3 is 2.61 bits per heavy atom. The number of amides is 2. The molecule has 0 spiro atoms. The summed E-state index contributed by atoms with van der Waals surface area (Å²) in [6.45, 7) is 1.80. The number of hydrogen-bond acceptors (Lipinski definition) is 7. The van der Waals surface area contributed by atoms with E-state index in [4.69, 9.17) is 9.94 Å². The third-order valence-electron chi connectivity index (χ3n) is 5.18. The van der Waals surface area contributed by atoms with Crippen molar-refractivity contribution in [2.45, 2.75) is 35.7 Å². The molecule has 4 N–H and O–H groups in total. The smallest absolute Gasteiger partial charge is 0.286 e. The molecular formula is C20H21FN2O7S. The maximum atomic E-state index is 13.4. The Hall–Kier alpha value is -3.02. The van der Waals surface area contributed by atoms with Gasteiger partial charge in [0.1, 0.15) is 23.4 Å². The van der Waals surface area contributed by atoms with E-state index < -0.39 is 38.3 Å². The lowest BCUT2D eigenvalue weighted by molar-refractivity contribution is -0.161. The molecule has 31 heavy (non-hydrogen) atoms. The van der Waals surface area contributed by atoms with Crippen molar-refractivity contribution in [1.29, 1.82) is 0 Å². The number of sulfone groups is 1. The zero-order chi connectivity index (χ0) is 22.8. The van der Waals surface area contributed by atoms with Gasteiger partial charge in [0.05, 0.1) is 4.90 Å². The number of rotatable bonds is 6. The molecule has 11 heteroatoms. The summed E-state index contributed by atoms with van der Waals surface area (Å²) in [5.41, 5.74) is -0.381. The van der Waals surface area contributed by atoms with Crippen LogP contribution in [0.25, 0.3) is 0 Å². The van der Waals surface area contributed by atoms with Gasteiger partial charge < -0.3 is 15.2 Å². The van der Waals surface area contributed by atoms with Crippen LogP contribution in [-0.2, 0) is 26.0 Å². The van der Waals surface area contributed by atoms with Crippen molar-refractivity contribution in [3.63, 3.8) is 0 Å². The van der Waals surface area contributed by atoms with Crippen LogP contribution in [0.5, 0.6) is 5.75 Å². The predicted molar refractivity (Wildman–Crippen MR) is 105 cm³/mol. The molecule has 1 aliphatic rings. The first-order valence-corrected chi connectivity index (χ1v) is 10.8. The molecule has 2 amide bonds. The summed E-state index contributed by atoms with van der Waals surface area (Å²) >= 11 is 0. The molecule has 1 saturated heterocycles. The second-order valence-corrected chi connectivity index (χ2v) is 9.25. The number of benzene rings is 2. The number of carbonyl (C=O) groups is 2. The highest BCUT2D eigenvalue weighted by Gasteiger charge is 2.58. The van der Waals surface area contributed by atoms with E-state index >= 15 is 0 Å². The Balaban J connectivity index is 1.82. The largest absolute Gasteiger partial charge is 0.489 e. The average Bonchev–Trinajstić information content (AvgIpc) is 2.75. The molecule has 0 aromatic heterocycles. The highest BCUT2D eigenvalue weighted by atomic mass is 32.2. The number of aliphatic hydroxyl groups is 1. The van der Waals surface area contributed by atoms with E-state index in [0.717, 1.165) is 11.0 Å². The first-order valence-electron chi connectivity index (χ1n) is 9.27. The van der Waals surface area contributed by atoms with E-state index in [1.54, 1.807) is 13.0 Å². The maximum Gasteiger partial charge on any atom is 0.286 e. The molecule has 9 nitrogen and oxygen atoms in total. The van der Waals surface area contributed by atoms with Gasteiger partial charge in [0, 0.05) is 6.54 Å². The number of nitrogens with one attached hydrogen (secondary N) is 2. The fraction of sp³-hybridized carbons (Fsp3) is 0.300. The van der Waals surface area contributed by atoms with Gasteiger partial charge in [0.15, 0.2) is 9.84 Å². The molecule has 3 rings (SSSR count). The van der Waals surface area contributed by atoms with Crippen molar-refractivity contribution < 1.29 is 37.4 Å². The second-order valence-electron chi connectivity index (χ2n) is 7.12. The molecule has 2 atom stereocenters. The predicted octanol–water partition coefficient (Wildman–Crippen LogP) is 0.612. The Kier molecular flexibility index (Phi) is 6.30. The Morgan fingerprint density at radius 1 is 1.29 bits per heavy atom. The summed E-state index contributed by atoms with van der Waals surface area (Å²) in [5.74, 6) is -2.85. The van der Waals surface area contributed by atoms with E-state index in [9.17, 15) is 27.5 Å². The molecule has 0 aliphatic carbocycles.